The molecule has 2 aromatic heterocycles. The average Bonchev–Trinajstić information content (AvgIpc) is 3.26. The predicted molar refractivity (Wildman–Crippen MR) is 107 cm³/mol. The number of rotatable bonds is 2. The maximum atomic E-state index is 6.47. The minimum absolute atomic E-state index is 0.385. The van der Waals surface area contributed by atoms with Gasteiger partial charge in [0.15, 0.2) is 0 Å². The van der Waals surface area contributed by atoms with Crippen molar-refractivity contribution in [3.05, 3.63) is 81.5 Å². The van der Waals surface area contributed by atoms with Gasteiger partial charge in [0.2, 0.25) is 11.7 Å². The minimum Gasteiger partial charge on any atom is -0.339 e. The SMILES string of the molecule is Cc1nc(-c2ncn3c2CN=C(c2ccccc2Cl)c2cc(Cl)ccc2-3)no1. The molecule has 4 aromatic rings. The Bertz CT molecular complexity index is 1240. The van der Waals surface area contributed by atoms with Gasteiger partial charge in [0, 0.05) is 28.1 Å². The number of aliphatic imine (C=N–C) groups is 1. The average molecular weight is 410 g/mol. The zero-order chi connectivity index (χ0) is 19.3. The summed E-state index contributed by atoms with van der Waals surface area (Å²) in [6.45, 7) is 2.13. The Morgan fingerprint density at radius 1 is 1.07 bits per heavy atom. The molecule has 3 heterocycles. The zero-order valence-corrected chi connectivity index (χ0v) is 16.2. The van der Waals surface area contributed by atoms with E-state index in [9.17, 15) is 0 Å². The summed E-state index contributed by atoms with van der Waals surface area (Å²) in [4.78, 5) is 13.7. The van der Waals surface area contributed by atoms with Crippen molar-refractivity contribution in [2.75, 3.05) is 0 Å². The Kier molecular flexibility index (Phi) is 4.03. The summed E-state index contributed by atoms with van der Waals surface area (Å²) in [6.07, 6.45) is 1.74. The van der Waals surface area contributed by atoms with Gasteiger partial charge in [0.05, 0.1) is 23.6 Å². The smallest absolute Gasteiger partial charge is 0.223 e. The van der Waals surface area contributed by atoms with E-state index < -0.39 is 0 Å². The summed E-state index contributed by atoms with van der Waals surface area (Å²) in [5.74, 6) is 0.927. The second kappa shape index (κ2) is 6.58. The first-order valence-electron chi connectivity index (χ1n) is 8.58. The van der Waals surface area contributed by atoms with Gasteiger partial charge in [0.1, 0.15) is 12.0 Å². The predicted octanol–water partition coefficient (Wildman–Crippen LogP) is 4.89. The van der Waals surface area contributed by atoms with Crippen LogP contribution in [-0.2, 0) is 6.54 Å². The van der Waals surface area contributed by atoms with Crippen LogP contribution in [0.2, 0.25) is 10.0 Å². The number of hydrogen-bond donors (Lipinski definition) is 0. The van der Waals surface area contributed by atoms with Crippen LogP contribution in [0.25, 0.3) is 17.2 Å². The maximum absolute atomic E-state index is 6.47. The van der Waals surface area contributed by atoms with E-state index in [4.69, 9.17) is 32.7 Å². The van der Waals surface area contributed by atoms with Crippen molar-refractivity contribution < 1.29 is 4.52 Å². The van der Waals surface area contributed by atoms with Crippen molar-refractivity contribution in [1.29, 1.82) is 0 Å². The number of aryl methyl sites for hydroxylation is 1. The van der Waals surface area contributed by atoms with Crippen LogP contribution in [0, 0.1) is 6.92 Å². The first kappa shape index (κ1) is 17.2. The molecule has 0 saturated carbocycles. The highest BCUT2D eigenvalue weighted by Crippen LogP contribution is 2.32. The molecule has 1 aliphatic rings. The van der Waals surface area contributed by atoms with Gasteiger partial charge in [-0.1, -0.05) is 46.6 Å². The first-order valence-corrected chi connectivity index (χ1v) is 9.34. The zero-order valence-electron chi connectivity index (χ0n) is 14.7. The fourth-order valence-corrected chi connectivity index (χ4v) is 3.74. The molecule has 0 bridgehead atoms. The van der Waals surface area contributed by atoms with Gasteiger partial charge in [-0.25, -0.2) is 4.98 Å². The van der Waals surface area contributed by atoms with E-state index in [0.29, 0.717) is 34.0 Å². The number of aromatic nitrogens is 4. The third-order valence-electron chi connectivity index (χ3n) is 4.59. The lowest BCUT2D eigenvalue weighted by Gasteiger charge is -2.13. The topological polar surface area (TPSA) is 69.1 Å². The van der Waals surface area contributed by atoms with Crippen LogP contribution >= 0.6 is 23.2 Å². The van der Waals surface area contributed by atoms with Gasteiger partial charge >= 0.3 is 0 Å². The molecule has 1 aliphatic heterocycles. The molecule has 0 atom stereocenters. The van der Waals surface area contributed by atoms with Gasteiger partial charge in [0.25, 0.3) is 0 Å². The van der Waals surface area contributed by atoms with E-state index in [0.717, 1.165) is 28.2 Å². The van der Waals surface area contributed by atoms with Crippen molar-refractivity contribution in [3.63, 3.8) is 0 Å². The van der Waals surface area contributed by atoms with E-state index in [-0.39, 0.29) is 0 Å². The number of hydrogen-bond acceptors (Lipinski definition) is 5. The Balaban J connectivity index is 1.76. The summed E-state index contributed by atoms with van der Waals surface area (Å²) >= 11 is 12.8. The molecule has 0 fully saturated rings. The Hall–Kier alpha value is -2.96. The molecule has 0 unspecified atom stereocenters. The van der Waals surface area contributed by atoms with Crippen molar-refractivity contribution in [2.45, 2.75) is 13.5 Å². The molecular formula is C20H13Cl2N5O. The summed E-state index contributed by atoms with van der Waals surface area (Å²) in [5, 5.41) is 5.26. The first-order chi connectivity index (χ1) is 13.6. The summed E-state index contributed by atoms with van der Waals surface area (Å²) in [7, 11) is 0. The number of benzene rings is 2. The third-order valence-corrected chi connectivity index (χ3v) is 5.16. The number of imidazole rings is 1. The van der Waals surface area contributed by atoms with Crippen molar-refractivity contribution >= 4 is 28.9 Å². The quantitative estimate of drug-likeness (QED) is 0.472. The molecule has 0 spiro atoms. The monoisotopic (exact) mass is 409 g/mol. The van der Waals surface area contributed by atoms with Crippen molar-refractivity contribution in [2.24, 2.45) is 4.99 Å². The molecule has 0 amide bonds. The van der Waals surface area contributed by atoms with Crippen LogP contribution < -0.4 is 0 Å². The molecule has 5 rings (SSSR count). The highest BCUT2D eigenvalue weighted by Gasteiger charge is 2.25. The maximum Gasteiger partial charge on any atom is 0.223 e. The molecule has 8 heteroatoms. The van der Waals surface area contributed by atoms with Gasteiger partial charge in [-0.2, -0.15) is 4.98 Å². The molecule has 2 aromatic carbocycles. The Labute approximate surface area is 170 Å². The molecule has 6 nitrogen and oxygen atoms in total. The summed E-state index contributed by atoms with van der Waals surface area (Å²) in [6, 6.07) is 13.3. The fourth-order valence-electron chi connectivity index (χ4n) is 3.35. The normalized spacial score (nSPS) is 12.9. The second-order valence-electron chi connectivity index (χ2n) is 6.35. The van der Waals surface area contributed by atoms with Gasteiger partial charge in [-0.3, -0.25) is 9.56 Å². The van der Waals surface area contributed by atoms with E-state index in [2.05, 4.69) is 15.1 Å². The second-order valence-corrected chi connectivity index (χ2v) is 7.20. The number of halogens is 2. The lowest BCUT2D eigenvalue weighted by molar-refractivity contribution is 0.394. The molecular weight excluding hydrogens is 397 g/mol. The summed E-state index contributed by atoms with van der Waals surface area (Å²) < 4.78 is 7.11. The minimum atomic E-state index is 0.385. The fraction of sp³-hybridized carbons (Fsp3) is 0.100. The summed E-state index contributed by atoms with van der Waals surface area (Å²) in [5.41, 5.74) is 4.93. The lowest BCUT2D eigenvalue weighted by atomic mass is 10.0. The third kappa shape index (κ3) is 2.73. The largest absolute Gasteiger partial charge is 0.339 e. The van der Waals surface area contributed by atoms with Crippen LogP contribution in [0.3, 0.4) is 0 Å². The molecule has 28 heavy (non-hydrogen) atoms. The molecule has 0 saturated heterocycles. The molecule has 138 valence electrons. The van der Waals surface area contributed by atoms with Crippen LogP contribution in [-0.4, -0.2) is 25.4 Å². The van der Waals surface area contributed by atoms with Crippen LogP contribution in [0.1, 0.15) is 22.7 Å². The molecule has 0 N–H and O–H groups in total. The van der Waals surface area contributed by atoms with Crippen molar-refractivity contribution in [3.8, 4) is 17.2 Å². The standard InChI is InChI=1S/C20H13Cl2N5O/c1-11-25-20(26-28-11)19-17-9-23-18(13-4-2-3-5-15(13)22)14-8-12(21)6-7-16(14)27(17)10-24-19/h2-8,10H,9H2,1H3. The van der Waals surface area contributed by atoms with Crippen LogP contribution in [0.5, 0.6) is 0 Å². The molecule has 0 radical (unpaired) electrons. The Morgan fingerprint density at radius 3 is 2.71 bits per heavy atom. The van der Waals surface area contributed by atoms with E-state index >= 15 is 0 Å². The van der Waals surface area contributed by atoms with Crippen LogP contribution in [0.4, 0.5) is 0 Å². The lowest BCUT2D eigenvalue weighted by Crippen LogP contribution is -2.07. The van der Waals surface area contributed by atoms with Crippen LogP contribution in [0.15, 0.2) is 58.3 Å². The highest BCUT2D eigenvalue weighted by molar-refractivity contribution is 6.36. The molecule has 0 aliphatic carbocycles. The van der Waals surface area contributed by atoms with E-state index in [1.54, 1.807) is 13.3 Å². The van der Waals surface area contributed by atoms with Crippen molar-refractivity contribution in [1.82, 2.24) is 19.7 Å². The van der Waals surface area contributed by atoms with Gasteiger partial charge in [-0.05, 0) is 24.3 Å². The highest BCUT2D eigenvalue weighted by atomic mass is 35.5. The van der Waals surface area contributed by atoms with E-state index in [1.165, 1.54) is 0 Å². The Morgan fingerprint density at radius 2 is 1.93 bits per heavy atom. The number of fused-ring (bicyclic) bond motifs is 3. The van der Waals surface area contributed by atoms with Gasteiger partial charge < -0.3 is 4.52 Å². The van der Waals surface area contributed by atoms with E-state index in [1.807, 2.05) is 47.0 Å². The van der Waals surface area contributed by atoms with Gasteiger partial charge in [-0.15, -0.1) is 0 Å². The number of nitrogens with zero attached hydrogens (tertiary/aromatic N) is 5.